The summed E-state index contributed by atoms with van der Waals surface area (Å²) in [6.07, 6.45) is 0. The van der Waals surface area contributed by atoms with E-state index in [1.54, 1.807) is 6.07 Å². The van der Waals surface area contributed by atoms with Gasteiger partial charge in [-0.3, -0.25) is 0 Å². The first-order valence-electron chi connectivity index (χ1n) is 7.35. The average Bonchev–Trinajstić information content (AvgIpc) is 2.89. The van der Waals surface area contributed by atoms with E-state index in [1.807, 2.05) is 49.3 Å². The summed E-state index contributed by atoms with van der Waals surface area (Å²) in [6, 6.07) is 13.1. The van der Waals surface area contributed by atoms with Crippen LogP contribution in [-0.4, -0.2) is 31.1 Å². The molecule has 0 saturated heterocycles. The third-order valence-electron chi connectivity index (χ3n) is 3.68. The van der Waals surface area contributed by atoms with Crippen molar-refractivity contribution in [2.24, 2.45) is 0 Å². The van der Waals surface area contributed by atoms with E-state index in [1.165, 1.54) is 0 Å². The van der Waals surface area contributed by atoms with Gasteiger partial charge in [-0.25, -0.2) is 0 Å². The van der Waals surface area contributed by atoms with Crippen LogP contribution in [0.5, 0.6) is 11.5 Å². The summed E-state index contributed by atoms with van der Waals surface area (Å²) in [6.45, 7) is 1.06. The molecule has 0 fully saturated rings. The highest BCUT2D eigenvalue weighted by Crippen LogP contribution is 2.28. The first kappa shape index (κ1) is 15.6. The number of nitriles is 1. The summed E-state index contributed by atoms with van der Waals surface area (Å²) >= 11 is 0. The molecule has 1 N–H and O–H groups in total. The molecule has 0 saturated carbocycles. The van der Waals surface area contributed by atoms with E-state index in [9.17, 15) is 5.02 Å². The molecule has 0 radical (unpaired) electrons. The number of rotatable bonds is 4. The minimum Gasteiger partial charge on any atom is -0.457 e. The molecule has 1 heterocycles. The fourth-order valence-corrected chi connectivity index (χ4v) is 2.61. The van der Waals surface area contributed by atoms with Crippen molar-refractivity contribution in [2.45, 2.75) is 13.2 Å². The lowest BCUT2D eigenvalue weighted by atomic mass is 9.80. The predicted molar refractivity (Wildman–Crippen MR) is 87.5 cm³/mol. The van der Waals surface area contributed by atoms with Crippen molar-refractivity contribution in [1.29, 1.82) is 5.26 Å². The second-order valence-corrected chi connectivity index (χ2v) is 5.80. The van der Waals surface area contributed by atoms with E-state index in [-0.39, 0.29) is 0 Å². The van der Waals surface area contributed by atoms with Gasteiger partial charge in [-0.1, -0.05) is 6.07 Å². The quantitative estimate of drug-likeness (QED) is 0.870. The van der Waals surface area contributed by atoms with Gasteiger partial charge in [0.15, 0.2) is 0 Å². The maximum Gasteiger partial charge on any atom is 0.491 e. The Morgan fingerprint density at radius 3 is 2.87 bits per heavy atom. The molecule has 116 valence electrons. The van der Waals surface area contributed by atoms with Crippen LogP contribution in [0.25, 0.3) is 0 Å². The van der Waals surface area contributed by atoms with Gasteiger partial charge >= 0.3 is 7.12 Å². The maximum absolute atomic E-state index is 9.66. The smallest absolute Gasteiger partial charge is 0.457 e. The summed E-state index contributed by atoms with van der Waals surface area (Å²) < 4.78 is 11.2. The monoisotopic (exact) mass is 308 g/mol. The number of fused-ring (bicyclic) bond motifs is 1. The van der Waals surface area contributed by atoms with Gasteiger partial charge in [0.25, 0.3) is 0 Å². The van der Waals surface area contributed by atoms with Crippen LogP contribution in [0.2, 0.25) is 0 Å². The number of ether oxygens (including phenoxy) is 1. The molecule has 2 aromatic rings. The van der Waals surface area contributed by atoms with Crippen LogP contribution < -0.4 is 10.2 Å². The summed E-state index contributed by atoms with van der Waals surface area (Å²) in [5.41, 5.74) is 3.27. The molecule has 0 aliphatic carbocycles. The molecule has 0 spiro atoms. The van der Waals surface area contributed by atoms with Crippen LogP contribution in [0.4, 0.5) is 0 Å². The molecule has 0 aromatic heterocycles. The fraction of sp³-hybridized carbons (Fsp3) is 0.235. The highest BCUT2D eigenvalue weighted by atomic mass is 16.5. The zero-order chi connectivity index (χ0) is 16.4. The molecule has 3 rings (SSSR count). The third-order valence-corrected chi connectivity index (χ3v) is 3.68. The van der Waals surface area contributed by atoms with Crippen LogP contribution >= 0.6 is 0 Å². The number of hydrogen-bond donors (Lipinski definition) is 1. The van der Waals surface area contributed by atoms with Crippen molar-refractivity contribution < 1.29 is 14.4 Å². The standard InChI is InChI=1S/C17H17BN2O3/c1-20(2)10-13-7-12(9-19)3-6-17(13)23-15-4-5-16-14(8-15)11-22-18(16)21/h3-8,21H,10-11H2,1-2H3. The zero-order valence-corrected chi connectivity index (χ0v) is 13.1. The van der Waals surface area contributed by atoms with Gasteiger partial charge in [0.05, 0.1) is 18.2 Å². The van der Waals surface area contributed by atoms with Crippen molar-refractivity contribution in [3.8, 4) is 17.6 Å². The second kappa shape index (κ2) is 6.43. The van der Waals surface area contributed by atoms with Crippen molar-refractivity contribution in [3.63, 3.8) is 0 Å². The fourth-order valence-electron chi connectivity index (χ4n) is 2.61. The van der Waals surface area contributed by atoms with Gasteiger partial charge in [-0.15, -0.1) is 0 Å². The summed E-state index contributed by atoms with van der Waals surface area (Å²) in [5, 5.41) is 18.7. The van der Waals surface area contributed by atoms with Crippen LogP contribution in [0.15, 0.2) is 36.4 Å². The third kappa shape index (κ3) is 3.38. The van der Waals surface area contributed by atoms with E-state index < -0.39 is 7.12 Å². The molecule has 0 unspecified atom stereocenters. The van der Waals surface area contributed by atoms with E-state index in [0.29, 0.717) is 24.5 Å². The molecule has 0 amide bonds. The Morgan fingerprint density at radius 1 is 1.30 bits per heavy atom. The van der Waals surface area contributed by atoms with Gasteiger partial charge in [0.2, 0.25) is 0 Å². The molecule has 0 bridgehead atoms. The average molecular weight is 308 g/mol. The van der Waals surface area contributed by atoms with Crippen LogP contribution in [0.3, 0.4) is 0 Å². The van der Waals surface area contributed by atoms with Crippen molar-refractivity contribution in [2.75, 3.05) is 14.1 Å². The van der Waals surface area contributed by atoms with Gasteiger partial charge < -0.3 is 19.3 Å². The molecule has 1 aliphatic rings. The van der Waals surface area contributed by atoms with E-state index in [4.69, 9.17) is 14.7 Å². The molecule has 23 heavy (non-hydrogen) atoms. The SMILES string of the molecule is CN(C)Cc1cc(C#N)ccc1Oc1ccc2c(c1)COB2O. The Morgan fingerprint density at radius 2 is 2.13 bits per heavy atom. The van der Waals surface area contributed by atoms with Crippen LogP contribution in [0, 0.1) is 11.3 Å². The summed E-state index contributed by atoms with van der Waals surface area (Å²) in [4.78, 5) is 2.02. The highest BCUT2D eigenvalue weighted by molar-refractivity contribution is 6.61. The molecule has 0 atom stereocenters. The van der Waals surface area contributed by atoms with Gasteiger partial charge in [-0.2, -0.15) is 5.26 Å². The normalized spacial score (nSPS) is 13.1. The van der Waals surface area contributed by atoms with E-state index >= 15 is 0 Å². The van der Waals surface area contributed by atoms with Gasteiger partial charge in [0.1, 0.15) is 11.5 Å². The Balaban J connectivity index is 1.89. The summed E-state index contributed by atoms with van der Waals surface area (Å²) in [7, 11) is 3.09. The van der Waals surface area contributed by atoms with Crippen molar-refractivity contribution in [1.82, 2.24) is 4.90 Å². The Labute approximate surface area is 135 Å². The Bertz CT molecular complexity index is 771. The predicted octanol–water partition coefficient (Wildman–Crippen LogP) is 1.63. The second-order valence-electron chi connectivity index (χ2n) is 5.80. The number of hydrogen-bond acceptors (Lipinski definition) is 5. The number of nitrogens with zero attached hydrogens (tertiary/aromatic N) is 2. The molecule has 1 aliphatic heterocycles. The molecule has 2 aromatic carbocycles. The molecular weight excluding hydrogens is 291 g/mol. The lowest BCUT2D eigenvalue weighted by Crippen LogP contribution is -2.27. The number of benzene rings is 2. The molecular formula is C17H17BN2O3. The van der Waals surface area contributed by atoms with Crippen molar-refractivity contribution in [3.05, 3.63) is 53.1 Å². The first-order valence-corrected chi connectivity index (χ1v) is 7.35. The van der Waals surface area contributed by atoms with Gasteiger partial charge in [0, 0.05) is 12.1 Å². The van der Waals surface area contributed by atoms with E-state index in [2.05, 4.69) is 6.07 Å². The topological polar surface area (TPSA) is 65.7 Å². The Kier molecular flexibility index (Phi) is 4.35. The van der Waals surface area contributed by atoms with Crippen LogP contribution in [-0.2, 0) is 17.8 Å². The molecule has 5 nitrogen and oxygen atoms in total. The lowest BCUT2D eigenvalue weighted by molar-refractivity contribution is 0.275. The van der Waals surface area contributed by atoms with Crippen molar-refractivity contribution >= 4 is 12.6 Å². The van der Waals surface area contributed by atoms with Crippen LogP contribution in [0.1, 0.15) is 16.7 Å². The first-order chi connectivity index (χ1) is 11.1. The molecule has 6 heteroatoms. The maximum atomic E-state index is 9.66. The lowest BCUT2D eigenvalue weighted by Gasteiger charge is -2.15. The minimum atomic E-state index is -0.849. The highest BCUT2D eigenvalue weighted by Gasteiger charge is 2.27. The minimum absolute atomic E-state index is 0.381. The summed E-state index contributed by atoms with van der Waals surface area (Å²) in [5.74, 6) is 1.41. The Hall–Kier alpha value is -2.33. The van der Waals surface area contributed by atoms with E-state index in [0.717, 1.165) is 22.3 Å². The zero-order valence-electron chi connectivity index (χ0n) is 13.1. The van der Waals surface area contributed by atoms with Gasteiger partial charge in [-0.05, 0) is 55.5 Å². The largest absolute Gasteiger partial charge is 0.491 e.